The highest BCUT2D eigenvalue weighted by Crippen LogP contribution is 1.76. The van der Waals surface area contributed by atoms with Gasteiger partial charge in [0.1, 0.15) is 0 Å². The zero-order valence-corrected chi connectivity index (χ0v) is 8.91. The van der Waals surface area contributed by atoms with E-state index in [1.807, 2.05) is 0 Å². The maximum atomic E-state index is 3.00. The van der Waals surface area contributed by atoms with Crippen LogP contribution in [0.4, 0.5) is 0 Å². The average molecular weight is 180 g/mol. The predicted molar refractivity (Wildman–Crippen MR) is 58.6 cm³/mol. The Morgan fingerprint density at radius 2 is 1.27 bits per heavy atom. The van der Waals surface area contributed by atoms with Crippen LogP contribution in [-0.2, 0) is 0 Å². The number of rotatable bonds is 2. The molecule has 0 radical (unpaired) electrons. The van der Waals surface area contributed by atoms with E-state index in [1.54, 1.807) is 0 Å². The SMILES string of the molecule is C=C.C=C.CCCN(C)C.Cl. The van der Waals surface area contributed by atoms with Crippen LogP contribution in [0.15, 0.2) is 26.3 Å². The smallest absolute Gasteiger partial charge is 0.00275 e. The van der Waals surface area contributed by atoms with Crippen LogP contribution in [0.25, 0.3) is 0 Å². The van der Waals surface area contributed by atoms with Crippen LogP contribution in [0, 0.1) is 0 Å². The van der Waals surface area contributed by atoms with Gasteiger partial charge in [-0.15, -0.1) is 38.7 Å². The third-order valence-corrected chi connectivity index (χ3v) is 0.671. The summed E-state index contributed by atoms with van der Waals surface area (Å²) in [6.07, 6.45) is 1.26. The molecule has 0 aromatic rings. The van der Waals surface area contributed by atoms with Crippen LogP contribution >= 0.6 is 12.4 Å². The summed E-state index contributed by atoms with van der Waals surface area (Å²) in [7, 11) is 4.17. The summed E-state index contributed by atoms with van der Waals surface area (Å²) in [4.78, 5) is 2.18. The Kier molecular flexibility index (Phi) is 67.6. The molecule has 0 N–H and O–H groups in total. The molecule has 0 bridgehead atoms. The van der Waals surface area contributed by atoms with Crippen molar-refractivity contribution in [1.29, 1.82) is 0 Å². The third-order valence-electron chi connectivity index (χ3n) is 0.671. The molecule has 0 aromatic carbocycles. The molecule has 11 heavy (non-hydrogen) atoms. The first-order valence-corrected chi connectivity index (χ1v) is 3.42. The molecule has 0 atom stereocenters. The van der Waals surface area contributed by atoms with Crippen LogP contribution in [0.5, 0.6) is 0 Å². The summed E-state index contributed by atoms with van der Waals surface area (Å²) in [6, 6.07) is 0. The lowest BCUT2D eigenvalue weighted by Gasteiger charge is -2.03. The van der Waals surface area contributed by atoms with E-state index in [1.165, 1.54) is 13.0 Å². The molecule has 0 unspecified atom stereocenters. The molecule has 0 aliphatic heterocycles. The molecule has 0 saturated carbocycles. The van der Waals surface area contributed by atoms with Crippen molar-refractivity contribution in [2.75, 3.05) is 20.6 Å². The van der Waals surface area contributed by atoms with E-state index in [-0.39, 0.29) is 12.4 Å². The Balaban J connectivity index is -0.0000000428. The van der Waals surface area contributed by atoms with E-state index in [2.05, 4.69) is 52.2 Å². The van der Waals surface area contributed by atoms with E-state index in [0.717, 1.165) is 0 Å². The van der Waals surface area contributed by atoms with Gasteiger partial charge in [0.2, 0.25) is 0 Å². The van der Waals surface area contributed by atoms with Crippen LogP contribution in [0.1, 0.15) is 13.3 Å². The summed E-state index contributed by atoms with van der Waals surface area (Å²) in [5.74, 6) is 0. The summed E-state index contributed by atoms with van der Waals surface area (Å²) in [5, 5.41) is 0. The second kappa shape index (κ2) is 33.1. The van der Waals surface area contributed by atoms with Crippen LogP contribution in [-0.4, -0.2) is 25.5 Å². The van der Waals surface area contributed by atoms with Gasteiger partial charge in [0.25, 0.3) is 0 Å². The molecule has 0 aliphatic rings. The van der Waals surface area contributed by atoms with Crippen LogP contribution in [0.2, 0.25) is 0 Å². The third kappa shape index (κ3) is 78.0. The molecule has 0 amide bonds. The molecule has 0 spiro atoms. The highest BCUT2D eigenvalue weighted by molar-refractivity contribution is 5.85. The zero-order chi connectivity index (χ0) is 8.99. The molecule has 0 aromatic heterocycles. The first-order valence-electron chi connectivity index (χ1n) is 3.42. The Labute approximate surface area is 78.2 Å². The molecule has 0 fully saturated rings. The average Bonchev–Trinajstić information content (AvgIpc) is 1.96. The molecule has 0 aliphatic carbocycles. The van der Waals surface area contributed by atoms with Crippen LogP contribution < -0.4 is 0 Å². The van der Waals surface area contributed by atoms with Crippen molar-refractivity contribution in [3.05, 3.63) is 26.3 Å². The molecule has 0 rings (SSSR count). The van der Waals surface area contributed by atoms with Gasteiger partial charge in [-0.1, -0.05) is 6.92 Å². The van der Waals surface area contributed by atoms with Crippen molar-refractivity contribution < 1.29 is 0 Å². The van der Waals surface area contributed by atoms with E-state index in [4.69, 9.17) is 0 Å². The maximum absolute atomic E-state index is 3.00. The number of hydrogen-bond donors (Lipinski definition) is 0. The normalized spacial score (nSPS) is 6.18. The quantitative estimate of drug-likeness (QED) is 0.590. The van der Waals surface area contributed by atoms with Crippen molar-refractivity contribution >= 4 is 12.4 Å². The second-order valence-corrected chi connectivity index (χ2v) is 1.80. The predicted octanol–water partition coefficient (Wildman–Crippen LogP) is 2.98. The summed E-state index contributed by atoms with van der Waals surface area (Å²) in [6.45, 7) is 15.4. The highest BCUT2D eigenvalue weighted by atomic mass is 35.5. The van der Waals surface area contributed by atoms with Gasteiger partial charge in [-0.05, 0) is 27.1 Å². The summed E-state index contributed by atoms with van der Waals surface area (Å²) in [5.41, 5.74) is 0. The van der Waals surface area contributed by atoms with Gasteiger partial charge in [0, 0.05) is 0 Å². The lowest BCUT2D eigenvalue weighted by atomic mass is 10.5. The van der Waals surface area contributed by atoms with Crippen molar-refractivity contribution in [3.8, 4) is 0 Å². The molecule has 2 heteroatoms. The lowest BCUT2D eigenvalue weighted by molar-refractivity contribution is 0.408. The minimum Gasteiger partial charge on any atom is -0.309 e. The van der Waals surface area contributed by atoms with Gasteiger partial charge in [-0.3, -0.25) is 0 Å². The fraction of sp³-hybridized carbons (Fsp3) is 0.556. The maximum Gasteiger partial charge on any atom is -0.00275 e. The Morgan fingerprint density at radius 3 is 1.27 bits per heavy atom. The van der Waals surface area contributed by atoms with Gasteiger partial charge >= 0.3 is 0 Å². The van der Waals surface area contributed by atoms with Gasteiger partial charge < -0.3 is 4.90 Å². The monoisotopic (exact) mass is 179 g/mol. The van der Waals surface area contributed by atoms with Gasteiger partial charge in [-0.2, -0.15) is 0 Å². The minimum atomic E-state index is 0. The van der Waals surface area contributed by atoms with E-state index in [9.17, 15) is 0 Å². The number of nitrogens with zero attached hydrogens (tertiary/aromatic N) is 1. The number of halogens is 1. The Morgan fingerprint density at radius 1 is 1.00 bits per heavy atom. The molecular weight excluding hydrogens is 158 g/mol. The van der Waals surface area contributed by atoms with Crippen LogP contribution in [0.3, 0.4) is 0 Å². The largest absolute Gasteiger partial charge is 0.309 e. The van der Waals surface area contributed by atoms with Crippen molar-refractivity contribution in [1.82, 2.24) is 4.90 Å². The highest BCUT2D eigenvalue weighted by Gasteiger charge is 1.79. The van der Waals surface area contributed by atoms with Crippen molar-refractivity contribution in [2.45, 2.75) is 13.3 Å². The first kappa shape index (κ1) is 22.4. The van der Waals surface area contributed by atoms with Crippen molar-refractivity contribution in [2.24, 2.45) is 0 Å². The minimum absolute atomic E-state index is 0. The second-order valence-electron chi connectivity index (χ2n) is 1.80. The lowest BCUT2D eigenvalue weighted by Crippen LogP contribution is -2.11. The Hall–Kier alpha value is -0.270. The number of hydrogen-bond acceptors (Lipinski definition) is 1. The Bertz CT molecular complexity index is 44.8. The molecule has 0 saturated heterocycles. The fourth-order valence-electron chi connectivity index (χ4n) is 0.447. The fourth-order valence-corrected chi connectivity index (χ4v) is 0.447. The van der Waals surface area contributed by atoms with E-state index in [0.29, 0.717) is 0 Å². The van der Waals surface area contributed by atoms with E-state index < -0.39 is 0 Å². The van der Waals surface area contributed by atoms with E-state index >= 15 is 0 Å². The summed E-state index contributed by atoms with van der Waals surface area (Å²) >= 11 is 0. The molecule has 70 valence electrons. The molecule has 0 heterocycles. The van der Waals surface area contributed by atoms with Gasteiger partial charge in [0.05, 0.1) is 0 Å². The first-order chi connectivity index (χ1) is 4.77. The molecule has 1 nitrogen and oxygen atoms in total. The summed E-state index contributed by atoms with van der Waals surface area (Å²) < 4.78 is 0. The topological polar surface area (TPSA) is 3.24 Å². The van der Waals surface area contributed by atoms with Gasteiger partial charge in [0.15, 0.2) is 0 Å². The standard InChI is InChI=1S/C5H13N.2C2H4.ClH/c1-4-5-6(2)3;2*1-2;/h4-5H2,1-3H3;2*1-2H2;1H. The zero-order valence-electron chi connectivity index (χ0n) is 8.10. The van der Waals surface area contributed by atoms with Gasteiger partial charge in [-0.25, -0.2) is 0 Å². The van der Waals surface area contributed by atoms with Crippen molar-refractivity contribution in [3.63, 3.8) is 0 Å². The molecular formula is C9H22ClN.